The van der Waals surface area contributed by atoms with Crippen LogP contribution in [0.3, 0.4) is 0 Å². The number of aromatic nitrogens is 3. The predicted octanol–water partition coefficient (Wildman–Crippen LogP) is 6.67. The number of hydrogen-bond acceptors (Lipinski definition) is 5. The van der Waals surface area contributed by atoms with E-state index in [2.05, 4.69) is 55.2 Å². The molecule has 5 nitrogen and oxygen atoms in total. The van der Waals surface area contributed by atoms with Gasteiger partial charge in [0.25, 0.3) is 0 Å². The third-order valence-electron chi connectivity index (χ3n) is 5.44. The highest BCUT2D eigenvalue weighted by Crippen LogP contribution is 2.35. The molecular weight excluding hydrogens is 448 g/mol. The van der Waals surface area contributed by atoms with Crippen molar-refractivity contribution in [3.8, 4) is 0 Å². The van der Waals surface area contributed by atoms with Crippen LogP contribution in [0.4, 0.5) is 10.8 Å². The summed E-state index contributed by atoms with van der Waals surface area (Å²) in [5.41, 5.74) is 8.61. The first-order valence-electron chi connectivity index (χ1n) is 10.9. The molecule has 0 aliphatic heterocycles. The highest BCUT2D eigenvalue weighted by molar-refractivity contribution is 7.98. The maximum absolute atomic E-state index is 12.6. The molecule has 1 amide bonds. The molecule has 0 aliphatic carbocycles. The van der Waals surface area contributed by atoms with E-state index < -0.39 is 0 Å². The topological polar surface area (TPSA) is 61.9 Å². The molecule has 0 atom stereocenters. The van der Waals surface area contributed by atoms with Crippen LogP contribution in [-0.2, 0) is 17.0 Å². The molecule has 0 fully saturated rings. The number of aromatic amines is 1. The van der Waals surface area contributed by atoms with Gasteiger partial charge in [-0.1, -0.05) is 59.8 Å². The first-order chi connectivity index (χ1) is 15.8. The van der Waals surface area contributed by atoms with Crippen LogP contribution >= 0.6 is 23.1 Å². The van der Waals surface area contributed by atoms with Crippen molar-refractivity contribution in [2.45, 2.75) is 51.9 Å². The number of benzene rings is 2. The van der Waals surface area contributed by atoms with Gasteiger partial charge in [0.15, 0.2) is 10.3 Å². The molecule has 0 aliphatic rings. The number of aryl methyl sites for hydroxylation is 4. The monoisotopic (exact) mass is 476 g/mol. The molecule has 7 heteroatoms. The van der Waals surface area contributed by atoms with Crippen molar-refractivity contribution in [2.24, 2.45) is 0 Å². The summed E-state index contributed by atoms with van der Waals surface area (Å²) in [6, 6.07) is 14.6. The van der Waals surface area contributed by atoms with Crippen molar-refractivity contribution >= 4 is 39.8 Å². The number of carbonyl (C=O) groups is 1. The molecule has 0 radical (unpaired) electrons. The molecular formula is C26H28N4OS2. The maximum Gasteiger partial charge on any atom is 0.230 e. The van der Waals surface area contributed by atoms with Crippen molar-refractivity contribution in [1.82, 2.24) is 15.0 Å². The molecule has 0 spiro atoms. The molecule has 0 bridgehead atoms. The number of thioether (sulfide) groups is 1. The molecule has 4 rings (SSSR count). The molecule has 2 aromatic heterocycles. The fraction of sp³-hybridized carbons (Fsp3) is 0.269. The molecule has 0 saturated heterocycles. The van der Waals surface area contributed by atoms with Crippen molar-refractivity contribution in [1.29, 1.82) is 0 Å². The number of hydrogen-bond donors (Lipinski definition) is 1. The first-order valence-corrected chi connectivity index (χ1v) is 12.7. The van der Waals surface area contributed by atoms with Gasteiger partial charge in [-0.3, -0.25) is 9.69 Å². The van der Waals surface area contributed by atoms with Gasteiger partial charge in [0.2, 0.25) is 5.91 Å². The number of rotatable bonds is 7. The Kier molecular flexibility index (Phi) is 7.00. The predicted molar refractivity (Wildman–Crippen MR) is 138 cm³/mol. The minimum atomic E-state index is -0.0363. The zero-order valence-corrected chi connectivity index (χ0v) is 21.2. The molecule has 33 heavy (non-hydrogen) atoms. The SMILES string of the molecule is CC(=O)N(c1nc(CSc2nc(Cc3ccccc3)c(C)[nH]2)cs1)c1c(C)cc(C)cc1C. The van der Waals surface area contributed by atoms with Crippen LogP contribution < -0.4 is 4.90 Å². The van der Waals surface area contributed by atoms with Gasteiger partial charge in [-0.2, -0.15) is 0 Å². The average Bonchev–Trinajstić information content (AvgIpc) is 3.36. The second kappa shape index (κ2) is 9.93. The third kappa shape index (κ3) is 5.37. The number of nitrogens with zero attached hydrogens (tertiary/aromatic N) is 3. The smallest absolute Gasteiger partial charge is 0.230 e. The van der Waals surface area contributed by atoms with Crippen molar-refractivity contribution in [3.63, 3.8) is 0 Å². The molecule has 4 aromatic rings. The quantitative estimate of drug-likeness (QED) is 0.303. The second-order valence-electron chi connectivity index (χ2n) is 8.29. The number of carbonyl (C=O) groups excluding carboxylic acids is 1. The van der Waals surface area contributed by atoms with Crippen LogP contribution in [0.5, 0.6) is 0 Å². The van der Waals surface area contributed by atoms with Crippen molar-refractivity contribution in [3.05, 3.63) is 87.2 Å². The molecule has 0 saturated carbocycles. The Morgan fingerprint density at radius 1 is 1.06 bits per heavy atom. The van der Waals surface area contributed by atoms with E-state index in [0.29, 0.717) is 10.9 Å². The molecule has 2 heterocycles. The fourth-order valence-electron chi connectivity index (χ4n) is 4.02. The summed E-state index contributed by atoms with van der Waals surface area (Å²) < 4.78 is 0. The Morgan fingerprint density at radius 3 is 2.42 bits per heavy atom. The van der Waals surface area contributed by atoms with Crippen LogP contribution in [0.25, 0.3) is 0 Å². The summed E-state index contributed by atoms with van der Waals surface area (Å²) in [6.45, 7) is 9.81. The normalized spacial score (nSPS) is 11.1. The molecule has 1 N–H and O–H groups in total. The zero-order valence-electron chi connectivity index (χ0n) is 19.6. The number of thiazole rings is 1. The lowest BCUT2D eigenvalue weighted by molar-refractivity contribution is -0.115. The number of imidazole rings is 1. The van der Waals surface area contributed by atoms with E-state index in [1.807, 2.05) is 25.3 Å². The van der Waals surface area contributed by atoms with Crippen LogP contribution in [0.2, 0.25) is 0 Å². The van der Waals surface area contributed by atoms with Gasteiger partial charge in [-0.25, -0.2) is 9.97 Å². The van der Waals surface area contributed by atoms with E-state index in [-0.39, 0.29) is 5.91 Å². The lowest BCUT2D eigenvalue weighted by atomic mass is 10.0. The third-order valence-corrected chi connectivity index (χ3v) is 7.22. The molecule has 170 valence electrons. The lowest BCUT2D eigenvalue weighted by Gasteiger charge is -2.23. The Bertz CT molecular complexity index is 1250. The number of nitrogens with one attached hydrogen (secondary N) is 1. The van der Waals surface area contributed by atoms with E-state index in [9.17, 15) is 4.79 Å². The van der Waals surface area contributed by atoms with Gasteiger partial charge in [-0.05, 0) is 44.4 Å². The largest absolute Gasteiger partial charge is 0.337 e. The summed E-state index contributed by atoms with van der Waals surface area (Å²) in [6.07, 6.45) is 0.813. The second-order valence-corrected chi connectivity index (χ2v) is 10.1. The lowest BCUT2D eigenvalue weighted by Crippen LogP contribution is -2.24. The van der Waals surface area contributed by atoms with Crippen LogP contribution in [0, 0.1) is 27.7 Å². The molecule has 2 aromatic carbocycles. The highest BCUT2D eigenvalue weighted by Gasteiger charge is 2.22. The Balaban J connectivity index is 1.49. The Labute approximate surface area is 203 Å². The van der Waals surface area contributed by atoms with Gasteiger partial charge in [0.05, 0.1) is 17.1 Å². The van der Waals surface area contributed by atoms with Crippen LogP contribution in [-0.4, -0.2) is 20.9 Å². The van der Waals surface area contributed by atoms with E-state index in [0.717, 1.165) is 45.5 Å². The molecule has 0 unspecified atom stereocenters. The van der Waals surface area contributed by atoms with E-state index >= 15 is 0 Å². The number of anilines is 2. The minimum Gasteiger partial charge on any atom is -0.337 e. The van der Waals surface area contributed by atoms with Crippen molar-refractivity contribution < 1.29 is 4.79 Å². The maximum atomic E-state index is 12.6. The first kappa shape index (κ1) is 23.3. The number of amides is 1. The summed E-state index contributed by atoms with van der Waals surface area (Å²) in [4.78, 5) is 27.3. The van der Waals surface area contributed by atoms with E-state index in [1.165, 1.54) is 22.5 Å². The standard InChI is InChI=1S/C26H28N4OS2/c1-16-11-17(2)24(18(3)12-16)30(20(5)31)26-28-22(15-33-26)14-32-25-27-19(4)23(29-25)13-21-9-7-6-8-10-21/h6-12,15H,13-14H2,1-5H3,(H,27,29). The Morgan fingerprint density at radius 2 is 1.76 bits per heavy atom. The van der Waals surface area contributed by atoms with Gasteiger partial charge >= 0.3 is 0 Å². The summed E-state index contributed by atoms with van der Waals surface area (Å²) in [5, 5.41) is 3.62. The van der Waals surface area contributed by atoms with Crippen molar-refractivity contribution in [2.75, 3.05) is 4.90 Å². The summed E-state index contributed by atoms with van der Waals surface area (Å²) in [7, 11) is 0. The summed E-state index contributed by atoms with van der Waals surface area (Å²) >= 11 is 3.13. The van der Waals surface area contributed by atoms with Crippen LogP contribution in [0.1, 0.15) is 46.3 Å². The zero-order chi connectivity index (χ0) is 23.5. The van der Waals surface area contributed by atoms with Gasteiger partial charge in [0, 0.05) is 30.2 Å². The minimum absolute atomic E-state index is 0.0363. The van der Waals surface area contributed by atoms with Gasteiger partial charge < -0.3 is 4.98 Å². The Hall–Kier alpha value is -2.90. The fourth-order valence-corrected chi connectivity index (χ4v) is 5.83. The number of H-pyrrole nitrogens is 1. The van der Waals surface area contributed by atoms with Crippen LogP contribution in [0.15, 0.2) is 53.0 Å². The average molecular weight is 477 g/mol. The van der Waals surface area contributed by atoms with Gasteiger partial charge in [0.1, 0.15) is 0 Å². The van der Waals surface area contributed by atoms with Gasteiger partial charge in [-0.15, -0.1) is 11.3 Å². The summed E-state index contributed by atoms with van der Waals surface area (Å²) in [5.74, 6) is 0.650. The van der Waals surface area contributed by atoms with E-state index in [4.69, 9.17) is 9.97 Å². The van der Waals surface area contributed by atoms with E-state index in [1.54, 1.807) is 23.6 Å². The highest BCUT2D eigenvalue weighted by atomic mass is 32.2.